The second-order valence-electron chi connectivity index (χ2n) is 7.93. The van der Waals surface area contributed by atoms with Gasteiger partial charge in [-0.05, 0) is 17.7 Å². The summed E-state index contributed by atoms with van der Waals surface area (Å²) in [5, 5.41) is 2.93. The Morgan fingerprint density at radius 3 is 2.10 bits per heavy atom. The monoisotopic (exact) mass is 421 g/mol. The Kier molecular flexibility index (Phi) is 6.08. The third kappa shape index (κ3) is 4.64. The normalized spacial score (nSPS) is 21.5. The molecule has 31 heavy (non-hydrogen) atoms. The third-order valence-electron chi connectivity index (χ3n) is 5.81. The molecular formula is C23H25N4O4+. The Morgan fingerprint density at radius 1 is 0.871 bits per heavy atom. The first-order chi connectivity index (χ1) is 15.0. The molecule has 0 atom stereocenters. The SMILES string of the molecule is O=C(Nc1ccccc1)C1CC[NH+](CN2C(=O)C(=O)N(Cc3ccccc3)C2=O)CC1. The molecule has 0 saturated carbocycles. The predicted octanol–water partition coefficient (Wildman–Crippen LogP) is 0.868. The van der Waals surface area contributed by atoms with Gasteiger partial charge in [0, 0.05) is 24.4 Å². The number of piperidine rings is 1. The van der Waals surface area contributed by atoms with Crippen molar-refractivity contribution in [1.82, 2.24) is 9.80 Å². The number of para-hydroxylation sites is 1. The number of nitrogens with zero attached hydrogens (tertiary/aromatic N) is 2. The van der Waals surface area contributed by atoms with Crippen LogP contribution in [0.5, 0.6) is 0 Å². The molecule has 0 spiro atoms. The van der Waals surface area contributed by atoms with Gasteiger partial charge in [0.05, 0.1) is 19.6 Å². The van der Waals surface area contributed by atoms with Gasteiger partial charge in [-0.2, -0.15) is 0 Å². The van der Waals surface area contributed by atoms with Crippen LogP contribution in [0.4, 0.5) is 10.5 Å². The molecule has 0 bridgehead atoms. The number of likely N-dealkylation sites (tertiary alicyclic amines) is 1. The summed E-state index contributed by atoms with van der Waals surface area (Å²) in [6.45, 7) is 1.52. The zero-order valence-corrected chi connectivity index (χ0v) is 17.1. The first kappa shape index (κ1) is 20.7. The van der Waals surface area contributed by atoms with E-state index in [1.54, 1.807) is 0 Å². The van der Waals surface area contributed by atoms with E-state index in [1.165, 1.54) is 0 Å². The van der Waals surface area contributed by atoms with Crippen LogP contribution < -0.4 is 10.2 Å². The van der Waals surface area contributed by atoms with Crippen molar-refractivity contribution in [2.75, 3.05) is 25.1 Å². The van der Waals surface area contributed by atoms with Crippen molar-refractivity contribution < 1.29 is 24.1 Å². The summed E-state index contributed by atoms with van der Waals surface area (Å²) in [5.41, 5.74) is 1.56. The number of imide groups is 2. The number of quaternary nitrogens is 1. The third-order valence-corrected chi connectivity index (χ3v) is 5.81. The Balaban J connectivity index is 1.31. The van der Waals surface area contributed by atoms with Crippen LogP contribution >= 0.6 is 0 Å². The van der Waals surface area contributed by atoms with E-state index in [0.717, 1.165) is 26.0 Å². The summed E-state index contributed by atoms with van der Waals surface area (Å²) in [4.78, 5) is 53.0. The molecular weight excluding hydrogens is 396 g/mol. The van der Waals surface area contributed by atoms with Gasteiger partial charge in [0.15, 0.2) is 6.67 Å². The van der Waals surface area contributed by atoms with E-state index in [2.05, 4.69) is 5.32 Å². The summed E-state index contributed by atoms with van der Waals surface area (Å²) in [7, 11) is 0. The molecule has 8 nitrogen and oxygen atoms in total. The first-order valence-corrected chi connectivity index (χ1v) is 10.4. The van der Waals surface area contributed by atoms with Crippen LogP contribution in [0.2, 0.25) is 0 Å². The van der Waals surface area contributed by atoms with E-state index in [-0.39, 0.29) is 25.0 Å². The molecule has 5 amide bonds. The van der Waals surface area contributed by atoms with Gasteiger partial charge in [-0.3, -0.25) is 19.3 Å². The lowest BCUT2D eigenvalue weighted by molar-refractivity contribution is -0.912. The van der Waals surface area contributed by atoms with E-state index in [0.29, 0.717) is 25.9 Å². The van der Waals surface area contributed by atoms with Gasteiger partial charge >= 0.3 is 17.8 Å². The van der Waals surface area contributed by atoms with Gasteiger partial charge in [0.1, 0.15) is 0 Å². The lowest BCUT2D eigenvalue weighted by Crippen LogP contribution is -3.14. The molecule has 2 fully saturated rings. The van der Waals surface area contributed by atoms with Crippen molar-refractivity contribution in [3.63, 3.8) is 0 Å². The minimum atomic E-state index is -0.787. The smallest absolute Gasteiger partial charge is 0.326 e. The number of nitrogens with one attached hydrogen (secondary N) is 2. The van der Waals surface area contributed by atoms with Crippen molar-refractivity contribution in [3.8, 4) is 0 Å². The van der Waals surface area contributed by atoms with Crippen LogP contribution in [-0.4, -0.2) is 53.3 Å². The largest absolute Gasteiger partial charge is 0.339 e. The first-order valence-electron chi connectivity index (χ1n) is 10.4. The molecule has 2 aliphatic heterocycles. The number of hydrogen-bond donors (Lipinski definition) is 2. The van der Waals surface area contributed by atoms with Crippen molar-refractivity contribution in [1.29, 1.82) is 0 Å². The summed E-state index contributed by atoms with van der Waals surface area (Å²) < 4.78 is 0. The standard InChI is InChI=1S/C23H24N4O4/c28-20(24-19-9-5-2-6-10-19)18-11-13-25(14-12-18)16-27-22(30)21(29)26(23(27)31)15-17-7-3-1-4-8-17/h1-10,18H,11-16H2,(H,24,28)/p+1. The van der Waals surface area contributed by atoms with Crippen molar-refractivity contribution in [2.24, 2.45) is 5.92 Å². The fraction of sp³-hybridized carbons (Fsp3) is 0.304. The molecule has 2 saturated heterocycles. The minimum absolute atomic E-state index is 0.0113. The van der Waals surface area contributed by atoms with Crippen molar-refractivity contribution in [3.05, 3.63) is 66.2 Å². The lowest BCUT2D eigenvalue weighted by Gasteiger charge is -2.30. The van der Waals surface area contributed by atoms with Crippen LogP contribution in [0.25, 0.3) is 0 Å². The second-order valence-corrected chi connectivity index (χ2v) is 7.93. The maximum Gasteiger partial charge on any atom is 0.339 e. The van der Waals surface area contributed by atoms with Gasteiger partial charge in [-0.25, -0.2) is 9.69 Å². The van der Waals surface area contributed by atoms with E-state index in [9.17, 15) is 19.2 Å². The van der Waals surface area contributed by atoms with E-state index < -0.39 is 17.8 Å². The fourth-order valence-corrected chi connectivity index (χ4v) is 4.03. The molecule has 4 rings (SSSR count). The molecule has 0 aromatic heterocycles. The predicted molar refractivity (Wildman–Crippen MR) is 113 cm³/mol. The molecule has 8 heteroatoms. The highest BCUT2D eigenvalue weighted by Gasteiger charge is 2.46. The number of urea groups is 1. The lowest BCUT2D eigenvalue weighted by atomic mass is 9.96. The number of rotatable bonds is 6. The highest BCUT2D eigenvalue weighted by atomic mass is 16.2. The minimum Gasteiger partial charge on any atom is -0.326 e. The number of amides is 5. The number of carbonyl (C=O) groups excluding carboxylic acids is 4. The van der Waals surface area contributed by atoms with Crippen molar-refractivity contribution >= 4 is 29.4 Å². The molecule has 0 unspecified atom stereocenters. The summed E-state index contributed by atoms with van der Waals surface area (Å²) in [6, 6.07) is 17.9. The van der Waals surface area contributed by atoms with Gasteiger partial charge in [-0.1, -0.05) is 48.5 Å². The van der Waals surface area contributed by atoms with Crippen LogP contribution in [0.3, 0.4) is 0 Å². The van der Waals surface area contributed by atoms with Crippen LogP contribution in [0, 0.1) is 5.92 Å². The Hall–Kier alpha value is -3.52. The Labute approximate surface area is 180 Å². The van der Waals surface area contributed by atoms with Crippen LogP contribution in [0.15, 0.2) is 60.7 Å². The highest BCUT2D eigenvalue weighted by Crippen LogP contribution is 2.17. The van der Waals surface area contributed by atoms with Gasteiger partial charge in [-0.15, -0.1) is 0 Å². The molecule has 0 aliphatic carbocycles. The fourth-order valence-electron chi connectivity index (χ4n) is 4.03. The number of anilines is 1. The number of benzene rings is 2. The molecule has 2 aliphatic rings. The van der Waals surface area contributed by atoms with E-state index in [1.807, 2.05) is 60.7 Å². The Morgan fingerprint density at radius 2 is 1.45 bits per heavy atom. The molecule has 2 aromatic rings. The van der Waals surface area contributed by atoms with E-state index in [4.69, 9.17) is 0 Å². The molecule has 2 aromatic carbocycles. The van der Waals surface area contributed by atoms with Crippen LogP contribution in [0.1, 0.15) is 18.4 Å². The van der Waals surface area contributed by atoms with Gasteiger partial charge < -0.3 is 10.2 Å². The molecule has 160 valence electrons. The van der Waals surface area contributed by atoms with E-state index >= 15 is 0 Å². The maximum absolute atomic E-state index is 12.7. The molecule has 2 heterocycles. The average Bonchev–Trinajstić information content (AvgIpc) is 2.99. The maximum atomic E-state index is 12.7. The highest BCUT2D eigenvalue weighted by molar-refractivity contribution is 6.44. The topological polar surface area (TPSA) is 91.2 Å². The van der Waals surface area contributed by atoms with Crippen molar-refractivity contribution in [2.45, 2.75) is 19.4 Å². The second kappa shape index (κ2) is 9.09. The Bertz CT molecular complexity index is 972. The quantitative estimate of drug-likeness (QED) is 0.535. The van der Waals surface area contributed by atoms with Gasteiger partial charge in [0.25, 0.3) is 0 Å². The van der Waals surface area contributed by atoms with Gasteiger partial charge in [0.2, 0.25) is 5.91 Å². The summed E-state index contributed by atoms with van der Waals surface area (Å²) >= 11 is 0. The summed E-state index contributed by atoms with van der Waals surface area (Å²) in [6.07, 6.45) is 1.32. The summed E-state index contributed by atoms with van der Waals surface area (Å²) in [5.74, 6) is -1.68. The van der Waals surface area contributed by atoms with Crippen LogP contribution in [-0.2, 0) is 20.9 Å². The molecule has 2 N–H and O–H groups in total. The number of hydrogen-bond acceptors (Lipinski definition) is 4. The zero-order chi connectivity index (χ0) is 21.8. The zero-order valence-electron chi connectivity index (χ0n) is 17.1. The average molecular weight is 421 g/mol. The number of carbonyl (C=O) groups is 4. The molecule has 0 radical (unpaired) electrons.